The third kappa shape index (κ3) is 3.45. The number of benzene rings is 1. The zero-order valence-corrected chi connectivity index (χ0v) is 11.7. The molecule has 0 aliphatic carbocycles. The van der Waals surface area contributed by atoms with Crippen molar-refractivity contribution in [3.63, 3.8) is 0 Å². The molecule has 2 N–H and O–H groups in total. The molecule has 1 aromatic rings. The van der Waals surface area contributed by atoms with Gasteiger partial charge in [-0.3, -0.25) is 0 Å². The number of likely N-dealkylation sites (tertiary alicyclic amines) is 1. The molecule has 1 aliphatic rings. The van der Waals surface area contributed by atoms with Gasteiger partial charge in [-0.05, 0) is 45.8 Å². The van der Waals surface area contributed by atoms with Gasteiger partial charge in [-0.15, -0.1) is 0 Å². The van der Waals surface area contributed by atoms with E-state index in [-0.39, 0.29) is 11.9 Å². The largest absolute Gasteiger partial charge is 0.490 e. The molecule has 0 bridgehead atoms. The zero-order valence-electron chi connectivity index (χ0n) is 11.7. The summed E-state index contributed by atoms with van der Waals surface area (Å²) in [7, 11) is 2.13. The third-order valence-electron chi connectivity index (χ3n) is 3.86. The number of ether oxygens (including phenoxy) is 1. The quantitative estimate of drug-likeness (QED) is 0.890. The van der Waals surface area contributed by atoms with Crippen molar-refractivity contribution >= 4 is 0 Å². The highest BCUT2D eigenvalue weighted by atomic mass is 19.1. The Bertz CT molecular complexity index is 423. The second-order valence-corrected chi connectivity index (χ2v) is 5.36. The summed E-state index contributed by atoms with van der Waals surface area (Å²) in [5.41, 5.74) is 6.58. The molecule has 0 saturated carbocycles. The summed E-state index contributed by atoms with van der Waals surface area (Å²) >= 11 is 0. The van der Waals surface area contributed by atoms with Crippen LogP contribution in [0.15, 0.2) is 18.2 Å². The van der Waals surface area contributed by atoms with Crippen molar-refractivity contribution in [2.75, 3.05) is 20.2 Å². The monoisotopic (exact) mass is 266 g/mol. The van der Waals surface area contributed by atoms with Crippen molar-refractivity contribution in [1.82, 2.24) is 4.90 Å². The van der Waals surface area contributed by atoms with Gasteiger partial charge in [0, 0.05) is 17.6 Å². The lowest BCUT2D eigenvalue weighted by Gasteiger charge is -2.20. The van der Waals surface area contributed by atoms with E-state index in [1.165, 1.54) is 18.9 Å². The van der Waals surface area contributed by atoms with E-state index < -0.39 is 0 Å². The number of hydrogen-bond acceptors (Lipinski definition) is 3. The van der Waals surface area contributed by atoms with Gasteiger partial charge in [0.1, 0.15) is 0 Å². The summed E-state index contributed by atoms with van der Waals surface area (Å²) in [5.74, 6) is -0.00673. The van der Waals surface area contributed by atoms with Gasteiger partial charge in [-0.1, -0.05) is 12.1 Å². The topological polar surface area (TPSA) is 38.5 Å². The van der Waals surface area contributed by atoms with Crippen LogP contribution in [-0.2, 0) is 0 Å². The Morgan fingerprint density at radius 3 is 2.95 bits per heavy atom. The second-order valence-electron chi connectivity index (χ2n) is 5.36. The molecule has 106 valence electrons. The van der Waals surface area contributed by atoms with Crippen LogP contribution in [0.2, 0.25) is 0 Å². The number of nitrogens with zero attached hydrogens (tertiary/aromatic N) is 1. The summed E-state index contributed by atoms with van der Waals surface area (Å²) in [4.78, 5) is 2.34. The Kier molecular flexibility index (Phi) is 4.77. The van der Waals surface area contributed by atoms with Crippen LogP contribution < -0.4 is 10.5 Å². The average Bonchev–Trinajstić information content (AvgIpc) is 2.77. The van der Waals surface area contributed by atoms with E-state index >= 15 is 0 Å². The van der Waals surface area contributed by atoms with Crippen molar-refractivity contribution in [1.29, 1.82) is 0 Å². The van der Waals surface area contributed by atoms with Crippen molar-refractivity contribution in [3.05, 3.63) is 29.6 Å². The normalized spacial score (nSPS) is 21.6. The summed E-state index contributed by atoms with van der Waals surface area (Å²) in [5, 5.41) is 0. The molecule has 1 aliphatic heterocycles. The van der Waals surface area contributed by atoms with Gasteiger partial charge in [0.05, 0.1) is 6.61 Å². The van der Waals surface area contributed by atoms with Gasteiger partial charge in [-0.25, -0.2) is 4.39 Å². The maximum absolute atomic E-state index is 13.8. The molecule has 0 radical (unpaired) electrons. The number of para-hydroxylation sites is 1. The first kappa shape index (κ1) is 14.3. The van der Waals surface area contributed by atoms with Crippen LogP contribution in [-0.4, -0.2) is 31.1 Å². The first-order valence-corrected chi connectivity index (χ1v) is 6.96. The van der Waals surface area contributed by atoms with E-state index in [4.69, 9.17) is 10.5 Å². The molecule has 0 amide bonds. The highest BCUT2D eigenvalue weighted by Crippen LogP contribution is 2.27. The van der Waals surface area contributed by atoms with Crippen LogP contribution in [0.4, 0.5) is 4.39 Å². The molecule has 3 nitrogen and oxygen atoms in total. The van der Waals surface area contributed by atoms with Crippen LogP contribution in [0.5, 0.6) is 5.75 Å². The molecule has 2 atom stereocenters. The molecular weight excluding hydrogens is 243 g/mol. The fourth-order valence-electron chi connectivity index (χ4n) is 2.68. The van der Waals surface area contributed by atoms with E-state index in [1.54, 1.807) is 6.07 Å². The molecule has 1 aromatic carbocycles. The van der Waals surface area contributed by atoms with E-state index in [0.29, 0.717) is 18.4 Å². The highest BCUT2D eigenvalue weighted by molar-refractivity contribution is 5.36. The van der Waals surface area contributed by atoms with E-state index in [0.717, 1.165) is 18.5 Å². The summed E-state index contributed by atoms with van der Waals surface area (Å²) < 4.78 is 19.5. The van der Waals surface area contributed by atoms with Crippen molar-refractivity contribution < 1.29 is 9.13 Å². The third-order valence-corrected chi connectivity index (χ3v) is 3.86. The Morgan fingerprint density at radius 2 is 2.32 bits per heavy atom. The van der Waals surface area contributed by atoms with E-state index in [9.17, 15) is 4.39 Å². The minimum absolute atomic E-state index is 0.222. The van der Waals surface area contributed by atoms with Crippen molar-refractivity contribution in [2.24, 2.45) is 5.73 Å². The molecule has 19 heavy (non-hydrogen) atoms. The number of halogens is 1. The Labute approximate surface area is 114 Å². The van der Waals surface area contributed by atoms with Crippen molar-refractivity contribution in [3.8, 4) is 5.75 Å². The Balaban J connectivity index is 1.95. The Morgan fingerprint density at radius 1 is 1.53 bits per heavy atom. The van der Waals surface area contributed by atoms with Gasteiger partial charge >= 0.3 is 0 Å². The number of rotatable bonds is 5. The average molecular weight is 266 g/mol. The van der Waals surface area contributed by atoms with Crippen LogP contribution >= 0.6 is 0 Å². The smallest absolute Gasteiger partial charge is 0.165 e. The van der Waals surface area contributed by atoms with Crippen LogP contribution in [0.1, 0.15) is 37.8 Å². The van der Waals surface area contributed by atoms with Crippen LogP contribution in [0.25, 0.3) is 0 Å². The molecule has 2 unspecified atom stereocenters. The van der Waals surface area contributed by atoms with Crippen LogP contribution in [0, 0.1) is 5.82 Å². The first-order chi connectivity index (χ1) is 9.09. The molecule has 1 saturated heterocycles. The molecule has 0 aromatic heterocycles. The summed E-state index contributed by atoms with van der Waals surface area (Å²) in [6, 6.07) is 5.25. The van der Waals surface area contributed by atoms with Gasteiger partial charge in [-0.2, -0.15) is 0 Å². The van der Waals surface area contributed by atoms with Crippen LogP contribution in [0.3, 0.4) is 0 Å². The van der Waals surface area contributed by atoms with E-state index in [2.05, 4.69) is 11.9 Å². The van der Waals surface area contributed by atoms with Gasteiger partial charge < -0.3 is 15.4 Å². The first-order valence-electron chi connectivity index (χ1n) is 6.96. The molecule has 4 heteroatoms. The fourth-order valence-corrected chi connectivity index (χ4v) is 2.68. The minimum atomic E-state index is -0.324. The maximum Gasteiger partial charge on any atom is 0.165 e. The standard InChI is InChI=1S/C15H23FN2O/c1-11(17)13-6-3-7-14(16)15(13)19-10-8-12-5-4-9-18(12)2/h3,6-7,11-12H,4-5,8-10,17H2,1-2H3. The second kappa shape index (κ2) is 6.35. The van der Waals surface area contributed by atoms with Gasteiger partial charge in [0.15, 0.2) is 11.6 Å². The van der Waals surface area contributed by atoms with E-state index in [1.807, 2.05) is 13.0 Å². The number of nitrogens with two attached hydrogens (primary N) is 1. The van der Waals surface area contributed by atoms with Crippen molar-refractivity contribution in [2.45, 2.75) is 38.3 Å². The summed E-state index contributed by atoms with van der Waals surface area (Å²) in [6.07, 6.45) is 3.38. The van der Waals surface area contributed by atoms with Gasteiger partial charge in [0.25, 0.3) is 0 Å². The maximum atomic E-state index is 13.8. The Hall–Kier alpha value is -1.13. The number of hydrogen-bond donors (Lipinski definition) is 1. The van der Waals surface area contributed by atoms with Gasteiger partial charge in [0.2, 0.25) is 0 Å². The lowest BCUT2D eigenvalue weighted by Crippen LogP contribution is -2.26. The lowest BCUT2D eigenvalue weighted by molar-refractivity contribution is 0.226. The molecule has 0 spiro atoms. The highest BCUT2D eigenvalue weighted by Gasteiger charge is 2.21. The zero-order chi connectivity index (χ0) is 13.8. The molecular formula is C15H23FN2O. The molecule has 2 rings (SSSR count). The summed E-state index contributed by atoms with van der Waals surface area (Å²) in [6.45, 7) is 3.53. The fraction of sp³-hybridized carbons (Fsp3) is 0.600. The molecule has 1 fully saturated rings. The molecule has 1 heterocycles. The lowest BCUT2D eigenvalue weighted by atomic mass is 10.1. The predicted molar refractivity (Wildman–Crippen MR) is 74.8 cm³/mol. The predicted octanol–water partition coefficient (Wildman–Crippen LogP) is 2.71. The minimum Gasteiger partial charge on any atom is -0.490 e. The SMILES string of the molecule is CC(N)c1cccc(F)c1OCCC1CCCN1C.